The lowest BCUT2D eigenvalue weighted by Gasteiger charge is -2.15. The second-order valence-corrected chi connectivity index (χ2v) is 3.85. The smallest absolute Gasteiger partial charge is 0.331 e. The lowest BCUT2D eigenvalue weighted by atomic mass is 10.2. The standard InChI is InChI=1S/C11H16F4O4/c1-7(9(16)17)5-8(2)19-4-3-18-6-11(14,15)10(12)13/h5,8,10H,3-4,6H2,1-2H3,(H,16,17). The van der Waals surface area contributed by atoms with Crippen molar-refractivity contribution < 1.29 is 36.9 Å². The molecule has 1 unspecified atom stereocenters. The molecule has 112 valence electrons. The Morgan fingerprint density at radius 2 is 1.95 bits per heavy atom. The van der Waals surface area contributed by atoms with Gasteiger partial charge in [0.15, 0.2) is 0 Å². The van der Waals surface area contributed by atoms with Gasteiger partial charge in [-0.3, -0.25) is 0 Å². The zero-order valence-corrected chi connectivity index (χ0v) is 10.5. The van der Waals surface area contributed by atoms with Crippen LogP contribution in [0.15, 0.2) is 11.6 Å². The van der Waals surface area contributed by atoms with Gasteiger partial charge in [-0.25, -0.2) is 13.6 Å². The highest BCUT2D eigenvalue weighted by Gasteiger charge is 2.40. The van der Waals surface area contributed by atoms with Crippen LogP contribution in [0.1, 0.15) is 13.8 Å². The van der Waals surface area contributed by atoms with Crippen molar-refractivity contribution in [3.63, 3.8) is 0 Å². The number of halogens is 4. The first kappa shape index (κ1) is 17.8. The van der Waals surface area contributed by atoms with Gasteiger partial charge in [-0.2, -0.15) is 8.78 Å². The molecule has 8 heteroatoms. The number of rotatable bonds is 9. The van der Waals surface area contributed by atoms with E-state index in [1.165, 1.54) is 13.0 Å². The highest BCUT2D eigenvalue weighted by atomic mass is 19.3. The van der Waals surface area contributed by atoms with E-state index in [4.69, 9.17) is 9.84 Å². The third-order valence-electron chi connectivity index (χ3n) is 2.04. The summed E-state index contributed by atoms with van der Waals surface area (Å²) >= 11 is 0. The highest BCUT2D eigenvalue weighted by molar-refractivity contribution is 5.85. The zero-order chi connectivity index (χ0) is 15.1. The predicted molar refractivity (Wildman–Crippen MR) is 58.6 cm³/mol. The van der Waals surface area contributed by atoms with Gasteiger partial charge in [0.1, 0.15) is 6.61 Å². The Bertz CT molecular complexity index is 318. The van der Waals surface area contributed by atoms with Crippen molar-refractivity contribution in [3.8, 4) is 0 Å². The number of alkyl halides is 4. The van der Waals surface area contributed by atoms with Crippen LogP contribution in [0.3, 0.4) is 0 Å². The maximum absolute atomic E-state index is 12.4. The molecule has 4 nitrogen and oxygen atoms in total. The fourth-order valence-electron chi connectivity index (χ4n) is 1.04. The summed E-state index contributed by atoms with van der Waals surface area (Å²) < 4.78 is 57.7. The molecule has 0 bridgehead atoms. The third-order valence-corrected chi connectivity index (χ3v) is 2.04. The zero-order valence-electron chi connectivity index (χ0n) is 10.5. The molecule has 0 radical (unpaired) electrons. The molecule has 0 fully saturated rings. The lowest BCUT2D eigenvalue weighted by Crippen LogP contribution is -2.33. The minimum atomic E-state index is -4.18. The van der Waals surface area contributed by atoms with Crippen LogP contribution in [0, 0.1) is 0 Å². The minimum Gasteiger partial charge on any atom is -0.478 e. The summed E-state index contributed by atoms with van der Waals surface area (Å²) in [7, 11) is 0. The summed E-state index contributed by atoms with van der Waals surface area (Å²) in [6.07, 6.45) is -2.99. The van der Waals surface area contributed by atoms with E-state index in [0.717, 1.165) is 0 Å². The summed E-state index contributed by atoms with van der Waals surface area (Å²) in [4.78, 5) is 10.5. The first-order valence-electron chi connectivity index (χ1n) is 5.44. The molecule has 1 atom stereocenters. The predicted octanol–water partition coefficient (Wildman–Crippen LogP) is 2.34. The summed E-state index contributed by atoms with van der Waals surface area (Å²) in [5, 5.41) is 8.58. The third kappa shape index (κ3) is 7.78. The molecule has 0 heterocycles. The van der Waals surface area contributed by atoms with Gasteiger partial charge < -0.3 is 14.6 Å². The van der Waals surface area contributed by atoms with Gasteiger partial charge >= 0.3 is 18.3 Å². The highest BCUT2D eigenvalue weighted by Crippen LogP contribution is 2.22. The molecule has 0 aliphatic carbocycles. The molecule has 19 heavy (non-hydrogen) atoms. The Morgan fingerprint density at radius 1 is 1.37 bits per heavy atom. The summed E-state index contributed by atoms with van der Waals surface area (Å²) in [6, 6.07) is 0. The molecule has 0 aromatic rings. The van der Waals surface area contributed by atoms with Gasteiger partial charge in [0.25, 0.3) is 0 Å². The molecule has 0 aromatic heterocycles. The monoisotopic (exact) mass is 288 g/mol. The molecule has 1 N–H and O–H groups in total. The molecule has 0 amide bonds. The van der Waals surface area contributed by atoms with Gasteiger partial charge in [-0.1, -0.05) is 0 Å². The molecule has 0 saturated carbocycles. The topological polar surface area (TPSA) is 55.8 Å². The molecule has 0 spiro atoms. The van der Waals surface area contributed by atoms with E-state index in [1.54, 1.807) is 6.92 Å². The van der Waals surface area contributed by atoms with Gasteiger partial charge in [0.2, 0.25) is 0 Å². The SMILES string of the molecule is CC(=CC(C)OCCOCC(F)(F)C(F)F)C(=O)O. The van der Waals surface area contributed by atoms with Crippen LogP contribution in [0.5, 0.6) is 0 Å². The Hall–Kier alpha value is -1.15. The number of hydrogen-bond acceptors (Lipinski definition) is 3. The van der Waals surface area contributed by atoms with Crippen molar-refractivity contribution in [2.24, 2.45) is 0 Å². The quantitative estimate of drug-likeness (QED) is 0.402. The van der Waals surface area contributed by atoms with Crippen LogP contribution in [-0.4, -0.2) is 49.3 Å². The first-order valence-corrected chi connectivity index (χ1v) is 5.44. The van der Waals surface area contributed by atoms with Crippen molar-refractivity contribution in [1.82, 2.24) is 0 Å². The number of aliphatic carboxylic acids is 1. The van der Waals surface area contributed by atoms with Crippen LogP contribution >= 0.6 is 0 Å². The second-order valence-electron chi connectivity index (χ2n) is 3.85. The fourth-order valence-corrected chi connectivity index (χ4v) is 1.04. The summed E-state index contributed by atoms with van der Waals surface area (Å²) in [6.45, 7) is 1.16. The molecule has 0 aromatic carbocycles. The normalized spacial score (nSPS) is 14.8. The maximum atomic E-state index is 12.4. The van der Waals surface area contributed by atoms with E-state index in [9.17, 15) is 22.4 Å². The van der Waals surface area contributed by atoms with E-state index in [2.05, 4.69) is 4.74 Å². The van der Waals surface area contributed by atoms with E-state index in [1.807, 2.05) is 0 Å². The fraction of sp³-hybridized carbons (Fsp3) is 0.727. The van der Waals surface area contributed by atoms with Gasteiger partial charge in [-0.15, -0.1) is 0 Å². The first-order chi connectivity index (χ1) is 8.66. The summed E-state index contributed by atoms with van der Waals surface area (Å²) in [5.41, 5.74) is 0.0812. The lowest BCUT2D eigenvalue weighted by molar-refractivity contribution is -0.168. The number of carbonyl (C=O) groups is 1. The Kier molecular flexibility index (Phi) is 7.62. The maximum Gasteiger partial charge on any atom is 0.331 e. The van der Waals surface area contributed by atoms with Crippen LogP contribution < -0.4 is 0 Å². The molecule has 0 rings (SSSR count). The van der Waals surface area contributed by atoms with Crippen molar-refractivity contribution in [1.29, 1.82) is 0 Å². The average molecular weight is 288 g/mol. The van der Waals surface area contributed by atoms with E-state index in [-0.39, 0.29) is 18.8 Å². The van der Waals surface area contributed by atoms with Crippen molar-refractivity contribution >= 4 is 5.97 Å². The Labute approximate surface area is 108 Å². The molecular weight excluding hydrogens is 272 g/mol. The minimum absolute atomic E-state index is 0.0812. The van der Waals surface area contributed by atoms with Crippen molar-refractivity contribution in [2.45, 2.75) is 32.3 Å². The van der Waals surface area contributed by atoms with E-state index in [0.29, 0.717) is 0 Å². The van der Waals surface area contributed by atoms with E-state index >= 15 is 0 Å². The van der Waals surface area contributed by atoms with Gasteiger partial charge in [0.05, 0.1) is 19.3 Å². The van der Waals surface area contributed by atoms with Gasteiger partial charge in [-0.05, 0) is 19.9 Å². The molecule has 0 saturated heterocycles. The number of hydrogen-bond donors (Lipinski definition) is 1. The second kappa shape index (κ2) is 8.11. The number of carboxylic acids is 1. The number of carboxylic acid groups (broad SMARTS) is 1. The summed E-state index contributed by atoms with van der Waals surface area (Å²) in [5.74, 6) is -5.27. The Morgan fingerprint density at radius 3 is 2.42 bits per heavy atom. The van der Waals surface area contributed by atoms with Crippen molar-refractivity contribution in [2.75, 3.05) is 19.8 Å². The molecule has 0 aliphatic heterocycles. The van der Waals surface area contributed by atoms with Crippen LogP contribution in [0.2, 0.25) is 0 Å². The number of ether oxygens (including phenoxy) is 2. The molecular formula is C11H16F4O4. The average Bonchev–Trinajstić information content (AvgIpc) is 2.27. The van der Waals surface area contributed by atoms with E-state index < -0.39 is 31.0 Å². The van der Waals surface area contributed by atoms with Gasteiger partial charge in [0, 0.05) is 5.57 Å². The largest absolute Gasteiger partial charge is 0.478 e. The van der Waals surface area contributed by atoms with Crippen molar-refractivity contribution in [3.05, 3.63) is 11.6 Å². The Balaban J connectivity index is 3.82. The molecule has 0 aliphatic rings. The van der Waals surface area contributed by atoms with Crippen LogP contribution in [0.25, 0.3) is 0 Å². The van der Waals surface area contributed by atoms with Crippen LogP contribution in [-0.2, 0) is 14.3 Å². The van der Waals surface area contributed by atoms with Crippen LogP contribution in [0.4, 0.5) is 17.6 Å².